The number of nitrogens with zero attached hydrogens (tertiary/aromatic N) is 1. The average molecular weight is 287 g/mol. The lowest BCUT2D eigenvalue weighted by Crippen LogP contribution is -2.39. The van der Waals surface area contributed by atoms with Gasteiger partial charge < -0.3 is 15.5 Å². The Labute approximate surface area is 126 Å². The first kappa shape index (κ1) is 14.2. The molecule has 0 spiro atoms. The molecule has 114 valence electrons. The molecule has 2 N–H and O–H groups in total. The predicted octanol–water partition coefficient (Wildman–Crippen LogP) is 3.74. The van der Waals surface area contributed by atoms with Crippen molar-refractivity contribution in [2.45, 2.75) is 51.0 Å². The largest absolute Gasteiger partial charge is 0.371 e. The predicted molar refractivity (Wildman–Crippen MR) is 86.9 cm³/mol. The number of nitrogens with one attached hydrogen (secondary N) is 2. The molecule has 0 aromatic heterocycles. The molecular weight excluding hydrogens is 262 g/mol. The van der Waals surface area contributed by atoms with E-state index in [0.29, 0.717) is 6.04 Å². The van der Waals surface area contributed by atoms with Crippen LogP contribution < -0.4 is 15.5 Å². The zero-order valence-electron chi connectivity index (χ0n) is 12.6. The second-order valence-electron chi connectivity index (χ2n) is 6.18. The minimum absolute atomic E-state index is 0.0690. The third kappa shape index (κ3) is 3.90. The second kappa shape index (κ2) is 6.83. The van der Waals surface area contributed by atoms with Gasteiger partial charge in [0, 0.05) is 30.5 Å². The Bertz CT molecular complexity index is 477. The van der Waals surface area contributed by atoms with Crippen molar-refractivity contribution in [3.63, 3.8) is 0 Å². The van der Waals surface area contributed by atoms with Crippen LogP contribution in [0, 0.1) is 0 Å². The Morgan fingerprint density at radius 3 is 2.57 bits per heavy atom. The van der Waals surface area contributed by atoms with Gasteiger partial charge in [-0.15, -0.1) is 0 Å². The zero-order chi connectivity index (χ0) is 14.5. The van der Waals surface area contributed by atoms with Gasteiger partial charge in [-0.2, -0.15) is 0 Å². The Kier molecular flexibility index (Phi) is 4.63. The number of anilines is 2. The Morgan fingerprint density at radius 2 is 1.81 bits per heavy atom. The van der Waals surface area contributed by atoms with E-state index < -0.39 is 0 Å². The van der Waals surface area contributed by atoms with Crippen molar-refractivity contribution in [1.29, 1.82) is 0 Å². The van der Waals surface area contributed by atoms with Crippen molar-refractivity contribution >= 4 is 17.4 Å². The molecule has 1 aliphatic carbocycles. The molecule has 21 heavy (non-hydrogen) atoms. The van der Waals surface area contributed by atoms with E-state index in [-0.39, 0.29) is 6.03 Å². The summed E-state index contributed by atoms with van der Waals surface area (Å²) in [6.07, 6.45) is 8.52. The lowest BCUT2D eigenvalue weighted by molar-refractivity contribution is 0.244. The number of carbonyl (C=O) groups excluding carboxylic acids is 1. The van der Waals surface area contributed by atoms with E-state index in [1.165, 1.54) is 37.8 Å². The Hall–Kier alpha value is -1.71. The number of carbonyl (C=O) groups is 1. The van der Waals surface area contributed by atoms with Crippen LogP contribution in [0.4, 0.5) is 16.2 Å². The smallest absolute Gasteiger partial charge is 0.319 e. The molecule has 0 bridgehead atoms. The summed E-state index contributed by atoms with van der Waals surface area (Å²) in [5, 5.41) is 6.07. The van der Waals surface area contributed by atoms with Gasteiger partial charge in [-0.3, -0.25) is 0 Å². The quantitative estimate of drug-likeness (QED) is 0.889. The van der Waals surface area contributed by atoms with Gasteiger partial charge in [-0.1, -0.05) is 25.3 Å². The van der Waals surface area contributed by atoms with Crippen LogP contribution in [-0.4, -0.2) is 25.2 Å². The summed E-state index contributed by atoms with van der Waals surface area (Å²) in [6, 6.07) is 8.45. The summed E-state index contributed by atoms with van der Waals surface area (Å²) >= 11 is 0. The monoisotopic (exact) mass is 287 g/mol. The van der Waals surface area contributed by atoms with E-state index in [1.54, 1.807) is 0 Å². The first-order valence-electron chi connectivity index (χ1n) is 8.24. The number of hydrogen-bond donors (Lipinski definition) is 2. The van der Waals surface area contributed by atoms with E-state index in [0.717, 1.165) is 31.6 Å². The SMILES string of the molecule is O=C(Nc1cccc(N2CCCC2)c1)NC1CCCCC1. The van der Waals surface area contributed by atoms with Crippen molar-refractivity contribution in [1.82, 2.24) is 5.32 Å². The van der Waals surface area contributed by atoms with Gasteiger partial charge >= 0.3 is 6.03 Å². The molecule has 4 heteroatoms. The maximum atomic E-state index is 12.1. The number of amides is 2. The Balaban J connectivity index is 1.56. The Morgan fingerprint density at radius 1 is 1.05 bits per heavy atom. The molecular formula is C17H25N3O. The summed E-state index contributed by atoms with van der Waals surface area (Å²) in [4.78, 5) is 14.5. The summed E-state index contributed by atoms with van der Waals surface area (Å²) in [5.74, 6) is 0. The molecule has 1 aromatic carbocycles. The van der Waals surface area contributed by atoms with Crippen LogP contribution in [0.15, 0.2) is 24.3 Å². The summed E-state index contributed by atoms with van der Waals surface area (Å²) < 4.78 is 0. The topological polar surface area (TPSA) is 44.4 Å². The lowest BCUT2D eigenvalue weighted by Gasteiger charge is -2.23. The van der Waals surface area contributed by atoms with Crippen LogP contribution in [0.2, 0.25) is 0 Å². The number of hydrogen-bond acceptors (Lipinski definition) is 2. The molecule has 1 saturated carbocycles. The standard InChI is InChI=1S/C17H25N3O/c21-17(18-14-7-2-1-3-8-14)19-15-9-6-10-16(13-15)20-11-4-5-12-20/h6,9-10,13-14H,1-5,7-8,11-12H2,(H2,18,19,21). The van der Waals surface area contributed by atoms with E-state index in [1.807, 2.05) is 12.1 Å². The van der Waals surface area contributed by atoms with Gasteiger partial charge in [0.2, 0.25) is 0 Å². The first-order valence-corrected chi connectivity index (χ1v) is 8.24. The summed E-state index contributed by atoms with van der Waals surface area (Å²) in [6.45, 7) is 2.25. The minimum atomic E-state index is -0.0690. The van der Waals surface area contributed by atoms with Gasteiger partial charge in [-0.25, -0.2) is 4.79 Å². The second-order valence-corrected chi connectivity index (χ2v) is 6.18. The highest BCUT2D eigenvalue weighted by atomic mass is 16.2. The maximum absolute atomic E-state index is 12.1. The number of benzene rings is 1. The molecule has 1 aromatic rings. The third-order valence-electron chi connectivity index (χ3n) is 4.52. The third-order valence-corrected chi connectivity index (χ3v) is 4.52. The van der Waals surface area contributed by atoms with Gasteiger partial charge in [0.05, 0.1) is 0 Å². The van der Waals surface area contributed by atoms with Gasteiger partial charge in [-0.05, 0) is 43.9 Å². The molecule has 0 unspecified atom stereocenters. The molecule has 0 radical (unpaired) electrons. The van der Waals surface area contributed by atoms with Gasteiger partial charge in [0.25, 0.3) is 0 Å². The van der Waals surface area contributed by atoms with E-state index in [4.69, 9.17) is 0 Å². The van der Waals surface area contributed by atoms with Crippen LogP contribution >= 0.6 is 0 Å². The minimum Gasteiger partial charge on any atom is -0.371 e. The van der Waals surface area contributed by atoms with Crippen LogP contribution in [0.3, 0.4) is 0 Å². The van der Waals surface area contributed by atoms with Crippen molar-refractivity contribution in [2.24, 2.45) is 0 Å². The van der Waals surface area contributed by atoms with Gasteiger partial charge in [0.1, 0.15) is 0 Å². The molecule has 1 saturated heterocycles. The normalized spacial score (nSPS) is 19.5. The molecule has 4 nitrogen and oxygen atoms in total. The number of rotatable bonds is 3. The van der Waals surface area contributed by atoms with Crippen LogP contribution in [0.25, 0.3) is 0 Å². The van der Waals surface area contributed by atoms with Gasteiger partial charge in [0.15, 0.2) is 0 Å². The highest BCUT2D eigenvalue weighted by Crippen LogP contribution is 2.23. The van der Waals surface area contributed by atoms with Crippen molar-refractivity contribution in [2.75, 3.05) is 23.3 Å². The maximum Gasteiger partial charge on any atom is 0.319 e. The highest BCUT2D eigenvalue weighted by molar-refractivity contribution is 5.90. The molecule has 3 rings (SSSR count). The molecule has 1 aliphatic heterocycles. The fourth-order valence-electron chi connectivity index (χ4n) is 3.36. The molecule has 0 atom stereocenters. The first-order chi connectivity index (χ1) is 10.3. The van der Waals surface area contributed by atoms with E-state index >= 15 is 0 Å². The molecule has 2 fully saturated rings. The van der Waals surface area contributed by atoms with Crippen LogP contribution in [0.1, 0.15) is 44.9 Å². The fraction of sp³-hybridized carbons (Fsp3) is 0.588. The molecule has 2 amide bonds. The highest BCUT2D eigenvalue weighted by Gasteiger charge is 2.16. The van der Waals surface area contributed by atoms with Crippen molar-refractivity contribution in [3.05, 3.63) is 24.3 Å². The van der Waals surface area contributed by atoms with Crippen molar-refractivity contribution in [3.8, 4) is 0 Å². The lowest BCUT2D eigenvalue weighted by atomic mass is 9.96. The summed E-state index contributed by atoms with van der Waals surface area (Å²) in [5.41, 5.74) is 2.09. The fourth-order valence-corrected chi connectivity index (χ4v) is 3.36. The van der Waals surface area contributed by atoms with Crippen LogP contribution in [0.5, 0.6) is 0 Å². The molecule has 1 heterocycles. The van der Waals surface area contributed by atoms with Crippen LogP contribution in [-0.2, 0) is 0 Å². The molecule has 2 aliphatic rings. The van der Waals surface area contributed by atoms with Crippen molar-refractivity contribution < 1.29 is 4.79 Å². The summed E-state index contributed by atoms with van der Waals surface area (Å²) in [7, 11) is 0. The average Bonchev–Trinajstić information content (AvgIpc) is 3.02. The zero-order valence-corrected chi connectivity index (χ0v) is 12.6. The van der Waals surface area contributed by atoms with E-state index in [9.17, 15) is 4.79 Å². The van der Waals surface area contributed by atoms with E-state index in [2.05, 4.69) is 27.7 Å². The number of urea groups is 1.